The molecule has 0 radical (unpaired) electrons. The van der Waals surface area contributed by atoms with Gasteiger partial charge in [0.15, 0.2) is 6.10 Å². The molecule has 0 aromatic heterocycles. The minimum absolute atomic E-state index is 0.143. The summed E-state index contributed by atoms with van der Waals surface area (Å²) in [7, 11) is -4.77. The van der Waals surface area contributed by atoms with Crippen molar-refractivity contribution in [2.75, 3.05) is 26.4 Å². The van der Waals surface area contributed by atoms with Gasteiger partial charge in [0, 0.05) is 19.3 Å². The first-order valence-electron chi connectivity index (χ1n) is 29.8. The van der Waals surface area contributed by atoms with E-state index in [-0.39, 0.29) is 25.9 Å². The van der Waals surface area contributed by atoms with Gasteiger partial charge in [0.25, 0.3) is 0 Å². The van der Waals surface area contributed by atoms with Crippen molar-refractivity contribution in [2.45, 2.75) is 251 Å². The Hall–Kier alpha value is -3.86. The quantitative estimate of drug-likeness (QED) is 0.0197. The predicted molar refractivity (Wildman–Crippen MR) is 316 cm³/mol. The molecule has 11 nitrogen and oxygen atoms in total. The van der Waals surface area contributed by atoms with Crippen LogP contribution >= 0.6 is 7.82 Å². The molecular formula is C64H107O11P. The number of esters is 3. The van der Waals surface area contributed by atoms with E-state index in [1.807, 2.05) is 0 Å². The molecule has 2 N–H and O–H groups in total. The lowest BCUT2D eigenvalue weighted by Crippen LogP contribution is -2.30. The Balaban J connectivity index is 4.79. The van der Waals surface area contributed by atoms with E-state index in [1.54, 1.807) is 0 Å². The third kappa shape index (κ3) is 54.9. The first-order chi connectivity index (χ1) is 37.2. The fourth-order valence-corrected chi connectivity index (χ4v) is 8.47. The molecule has 0 saturated carbocycles. The average Bonchev–Trinajstić information content (AvgIpc) is 3.41. The van der Waals surface area contributed by atoms with Crippen LogP contribution in [0.2, 0.25) is 0 Å². The number of allylic oxidation sites excluding steroid dienone is 18. The van der Waals surface area contributed by atoms with E-state index >= 15 is 0 Å². The first kappa shape index (κ1) is 72.1. The maximum Gasteiger partial charge on any atom is 0.472 e. The van der Waals surface area contributed by atoms with E-state index in [9.17, 15) is 28.9 Å². The smallest absolute Gasteiger partial charge is 0.462 e. The van der Waals surface area contributed by atoms with E-state index in [1.165, 1.54) is 25.7 Å². The lowest BCUT2D eigenvalue weighted by molar-refractivity contribution is -0.161. The fraction of sp³-hybridized carbons (Fsp3) is 0.672. The summed E-state index contributed by atoms with van der Waals surface area (Å²) in [6.45, 7) is 4.34. The number of unbranched alkanes of at least 4 members (excludes halogenated alkanes) is 19. The van der Waals surface area contributed by atoms with Crippen LogP contribution in [0.15, 0.2) is 109 Å². The van der Waals surface area contributed by atoms with Crippen molar-refractivity contribution in [1.82, 2.24) is 0 Å². The number of carbonyl (C=O) groups excluding carboxylic acids is 3. The second-order valence-electron chi connectivity index (χ2n) is 19.4. The van der Waals surface area contributed by atoms with Gasteiger partial charge in [-0.05, 0) is 122 Å². The highest BCUT2D eigenvalue weighted by atomic mass is 31.2. The molecular weight excluding hydrogens is 976 g/mol. The molecule has 0 aliphatic carbocycles. The van der Waals surface area contributed by atoms with Crippen molar-refractivity contribution in [3.05, 3.63) is 109 Å². The molecule has 0 amide bonds. The third-order valence-corrected chi connectivity index (χ3v) is 13.1. The molecule has 0 aromatic carbocycles. The predicted octanol–water partition coefficient (Wildman–Crippen LogP) is 17.8. The molecule has 76 heavy (non-hydrogen) atoms. The molecule has 3 atom stereocenters. The number of aliphatic hydroxyl groups excluding tert-OH is 1. The van der Waals surface area contributed by atoms with Crippen molar-refractivity contribution >= 4 is 25.7 Å². The van der Waals surface area contributed by atoms with Crippen molar-refractivity contribution < 1.29 is 52.2 Å². The van der Waals surface area contributed by atoms with Crippen LogP contribution in [0, 0.1) is 0 Å². The average molecular weight is 1080 g/mol. The van der Waals surface area contributed by atoms with Crippen LogP contribution in [0.25, 0.3) is 0 Å². The summed E-state index contributed by atoms with van der Waals surface area (Å²) in [5.41, 5.74) is 0. The molecule has 0 heterocycles. The van der Waals surface area contributed by atoms with Crippen molar-refractivity contribution in [3.63, 3.8) is 0 Å². The number of ether oxygens (including phenoxy) is 3. The summed E-state index contributed by atoms with van der Waals surface area (Å²) in [5, 5.41) is 9.82. The third-order valence-electron chi connectivity index (χ3n) is 12.2. The molecule has 0 aliphatic heterocycles. The molecule has 0 bridgehead atoms. The lowest BCUT2D eigenvalue weighted by atomic mass is 10.1. The summed E-state index contributed by atoms with van der Waals surface area (Å²) >= 11 is 0. The fourth-order valence-electron chi connectivity index (χ4n) is 7.69. The number of rotatable bonds is 54. The minimum Gasteiger partial charge on any atom is -0.462 e. The zero-order chi connectivity index (χ0) is 55.5. The SMILES string of the molecule is CC/C=C\C/C=C\C/C=C\CCCCCCCC(=O)OCC(COP(=O)(O)OCC(CO)OC(=O)CCCCCCC/C=C\C/C=C\C/C=C\CC)OC(=O)CCCCCCCC/C=C\C/C=C\C/C=C\CCCCC. The van der Waals surface area contributed by atoms with Crippen LogP contribution in [0.1, 0.15) is 239 Å². The Bertz CT molecular complexity index is 1690. The lowest BCUT2D eigenvalue weighted by Gasteiger charge is -2.21. The Morgan fingerprint density at radius 1 is 0.382 bits per heavy atom. The topological polar surface area (TPSA) is 155 Å². The van der Waals surface area contributed by atoms with Gasteiger partial charge in [-0.3, -0.25) is 23.4 Å². The highest BCUT2D eigenvalue weighted by molar-refractivity contribution is 7.47. The molecule has 434 valence electrons. The molecule has 0 rings (SSSR count). The normalized spacial score (nSPS) is 14.1. The summed E-state index contributed by atoms with van der Waals surface area (Å²) in [5.74, 6) is -1.52. The van der Waals surface area contributed by atoms with Crippen molar-refractivity contribution in [3.8, 4) is 0 Å². The molecule has 0 aromatic rings. The van der Waals surface area contributed by atoms with E-state index in [4.69, 9.17) is 23.3 Å². The van der Waals surface area contributed by atoms with Gasteiger partial charge in [0.05, 0.1) is 19.8 Å². The van der Waals surface area contributed by atoms with Crippen LogP contribution in [0.4, 0.5) is 0 Å². The van der Waals surface area contributed by atoms with E-state index in [0.717, 1.165) is 154 Å². The van der Waals surface area contributed by atoms with Crippen LogP contribution in [0.3, 0.4) is 0 Å². The molecule has 12 heteroatoms. The number of hydrogen-bond acceptors (Lipinski definition) is 10. The number of carbonyl (C=O) groups is 3. The summed E-state index contributed by atoms with van der Waals surface area (Å²) in [6, 6.07) is 0. The highest BCUT2D eigenvalue weighted by Crippen LogP contribution is 2.43. The van der Waals surface area contributed by atoms with Crippen LogP contribution in [-0.2, 0) is 42.2 Å². The summed E-state index contributed by atoms with van der Waals surface area (Å²) in [6.07, 6.45) is 68.9. The first-order valence-corrected chi connectivity index (χ1v) is 31.3. The highest BCUT2D eigenvalue weighted by Gasteiger charge is 2.28. The number of phosphoric acid groups is 1. The zero-order valence-corrected chi connectivity index (χ0v) is 48.8. The largest absolute Gasteiger partial charge is 0.472 e. The number of aliphatic hydroxyl groups is 1. The molecule has 0 spiro atoms. The van der Waals surface area contributed by atoms with Gasteiger partial charge in [-0.25, -0.2) is 4.57 Å². The van der Waals surface area contributed by atoms with Crippen molar-refractivity contribution in [2.24, 2.45) is 0 Å². The Morgan fingerprint density at radius 3 is 1.05 bits per heavy atom. The Kier molecular flexibility index (Phi) is 54.4. The molecule has 3 unspecified atom stereocenters. The number of hydrogen-bond donors (Lipinski definition) is 2. The van der Waals surface area contributed by atoms with Gasteiger partial charge in [-0.1, -0.05) is 207 Å². The van der Waals surface area contributed by atoms with Crippen LogP contribution in [0.5, 0.6) is 0 Å². The van der Waals surface area contributed by atoms with Gasteiger partial charge in [-0.15, -0.1) is 0 Å². The summed E-state index contributed by atoms with van der Waals surface area (Å²) < 4.78 is 39.5. The zero-order valence-electron chi connectivity index (χ0n) is 47.9. The maximum absolute atomic E-state index is 12.9. The van der Waals surface area contributed by atoms with Crippen LogP contribution < -0.4 is 0 Å². The Labute approximate surface area is 463 Å². The van der Waals surface area contributed by atoms with Gasteiger partial charge < -0.3 is 24.2 Å². The van der Waals surface area contributed by atoms with Crippen LogP contribution in [-0.4, -0.2) is 66.5 Å². The van der Waals surface area contributed by atoms with Gasteiger partial charge in [-0.2, -0.15) is 0 Å². The van der Waals surface area contributed by atoms with Gasteiger partial charge in [0.1, 0.15) is 12.7 Å². The van der Waals surface area contributed by atoms with Crippen molar-refractivity contribution in [1.29, 1.82) is 0 Å². The van der Waals surface area contributed by atoms with E-state index in [0.29, 0.717) is 19.3 Å². The van der Waals surface area contributed by atoms with Gasteiger partial charge >= 0.3 is 25.7 Å². The second kappa shape index (κ2) is 57.3. The number of phosphoric ester groups is 1. The van der Waals surface area contributed by atoms with E-state index in [2.05, 4.69) is 130 Å². The minimum atomic E-state index is -4.77. The Morgan fingerprint density at radius 2 is 0.684 bits per heavy atom. The monoisotopic (exact) mass is 1080 g/mol. The standard InChI is InChI=1S/C64H107O11P/c1-4-7-10-13-16-19-22-25-28-29-30-31-34-37-40-43-46-49-52-55-64(68)75-61(57-71-62(66)53-50-47-44-41-38-35-32-26-23-20-17-14-11-8-5-2)59-73-76(69,70)72-58-60(56-65)74-63(67)54-51-48-45-42-39-36-33-27-24-21-18-15-12-9-6-3/h8-9,11-12,16-21,25-28,30-33,60-61,65H,4-7,10,13-15,22-24,29,34-59H2,1-3H3,(H,69,70)/b11-8-,12-9-,19-16-,20-17-,21-18-,28-25-,31-30-,32-26-,33-27-. The summed E-state index contributed by atoms with van der Waals surface area (Å²) in [4.78, 5) is 48.6. The molecule has 0 fully saturated rings. The molecule has 0 aliphatic rings. The second-order valence-corrected chi connectivity index (χ2v) is 20.8. The maximum atomic E-state index is 12.9. The van der Waals surface area contributed by atoms with E-state index < -0.39 is 57.8 Å². The molecule has 0 saturated heterocycles. The van der Waals surface area contributed by atoms with Gasteiger partial charge in [0.2, 0.25) is 0 Å².